The molecule has 2 atom stereocenters. The molecule has 0 aromatic rings. The summed E-state index contributed by atoms with van der Waals surface area (Å²) in [5.74, 6) is 2.48. The molecule has 0 aromatic heterocycles. The Morgan fingerprint density at radius 1 is 1.29 bits per heavy atom. The van der Waals surface area contributed by atoms with Gasteiger partial charge in [0.25, 0.3) is 0 Å². The van der Waals surface area contributed by atoms with Gasteiger partial charge in [0, 0.05) is 11.3 Å². The van der Waals surface area contributed by atoms with Gasteiger partial charge in [-0.2, -0.15) is 11.8 Å². The van der Waals surface area contributed by atoms with E-state index in [1.165, 1.54) is 50.8 Å². The normalized spacial score (nSPS) is 33.2. The Hall–Kier alpha value is 0.310. The summed E-state index contributed by atoms with van der Waals surface area (Å²) in [5, 5.41) is 4.57. The number of hydrogen-bond donors (Lipinski definition) is 1. The maximum atomic E-state index is 3.73. The van der Waals surface area contributed by atoms with Crippen LogP contribution >= 0.6 is 11.8 Å². The Labute approximate surface area is 92.4 Å². The highest BCUT2D eigenvalue weighted by Crippen LogP contribution is 2.33. The minimum absolute atomic E-state index is 0.799. The molecule has 0 radical (unpaired) electrons. The molecule has 1 N–H and O–H groups in total. The molecule has 2 heteroatoms. The number of rotatable bonds is 5. The monoisotopic (exact) mass is 213 g/mol. The molecule has 1 aliphatic heterocycles. The van der Waals surface area contributed by atoms with Crippen molar-refractivity contribution >= 4 is 11.8 Å². The first-order chi connectivity index (χ1) is 6.86. The zero-order chi connectivity index (χ0) is 9.80. The lowest BCUT2D eigenvalue weighted by molar-refractivity contribution is 0.450. The van der Waals surface area contributed by atoms with Gasteiger partial charge in [-0.05, 0) is 43.9 Å². The van der Waals surface area contributed by atoms with Gasteiger partial charge >= 0.3 is 0 Å². The van der Waals surface area contributed by atoms with E-state index in [-0.39, 0.29) is 0 Å². The molecule has 2 unspecified atom stereocenters. The molecule has 1 aliphatic carbocycles. The van der Waals surface area contributed by atoms with Gasteiger partial charge in [-0.1, -0.05) is 19.8 Å². The van der Waals surface area contributed by atoms with Crippen LogP contribution in [0.2, 0.25) is 0 Å². The fraction of sp³-hybridized carbons (Fsp3) is 1.00. The summed E-state index contributed by atoms with van der Waals surface area (Å²) >= 11 is 2.14. The fourth-order valence-electron chi connectivity index (χ4n) is 2.28. The molecule has 14 heavy (non-hydrogen) atoms. The predicted octanol–water partition coefficient (Wildman–Crippen LogP) is 3.05. The van der Waals surface area contributed by atoms with Crippen LogP contribution in [0.3, 0.4) is 0 Å². The highest BCUT2D eigenvalue weighted by Gasteiger charge is 2.22. The largest absolute Gasteiger partial charge is 0.313 e. The third-order valence-electron chi connectivity index (χ3n) is 3.50. The molecule has 1 heterocycles. The lowest BCUT2D eigenvalue weighted by atomic mass is 10.1. The second kappa shape index (κ2) is 5.41. The molecule has 0 aromatic carbocycles. The molecule has 1 saturated heterocycles. The minimum Gasteiger partial charge on any atom is -0.313 e. The standard InChI is InChI=1S/C12H23NS/c1-10-12(5-3-9-14-10)13-8-2-4-11-6-7-11/h10-13H,2-9H2,1H3. The van der Waals surface area contributed by atoms with Gasteiger partial charge in [-0.25, -0.2) is 0 Å². The molecular formula is C12H23NS. The first-order valence-electron chi connectivity index (χ1n) is 6.21. The van der Waals surface area contributed by atoms with Crippen molar-refractivity contribution < 1.29 is 0 Å². The van der Waals surface area contributed by atoms with E-state index in [0.717, 1.165) is 17.2 Å². The van der Waals surface area contributed by atoms with Gasteiger partial charge in [0.05, 0.1) is 0 Å². The SMILES string of the molecule is CC1SCCCC1NCCCC1CC1. The molecule has 2 rings (SSSR count). The highest BCUT2D eigenvalue weighted by atomic mass is 32.2. The molecule has 2 aliphatic rings. The number of thioether (sulfide) groups is 1. The van der Waals surface area contributed by atoms with Crippen LogP contribution in [0.4, 0.5) is 0 Å². The third-order valence-corrected chi connectivity index (χ3v) is 4.88. The number of nitrogens with one attached hydrogen (secondary N) is 1. The quantitative estimate of drug-likeness (QED) is 0.705. The van der Waals surface area contributed by atoms with E-state index in [1.54, 1.807) is 0 Å². The van der Waals surface area contributed by atoms with Crippen molar-refractivity contribution in [1.82, 2.24) is 5.32 Å². The molecule has 0 amide bonds. The van der Waals surface area contributed by atoms with Crippen molar-refractivity contribution in [2.75, 3.05) is 12.3 Å². The first-order valence-corrected chi connectivity index (χ1v) is 7.26. The molecule has 0 spiro atoms. The van der Waals surface area contributed by atoms with Crippen LogP contribution in [0.25, 0.3) is 0 Å². The van der Waals surface area contributed by atoms with Gasteiger partial charge < -0.3 is 5.32 Å². The summed E-state index contributed by atoms with van der Waals surface area (Å²) in [6, 6.07) is 0.799. The van der Waals surface area contributed by atoms with Crippen molar-refractivity contribution in [3.8, 4) is 0 Å². The van der Waals surface area contributed by atoms with E-state index < -0.39 is 0 Å². The van der Waals surface area contributed by atoms with E-state index in [0.29, 0.717) is 0 Å². The minimum atomic E-state index is 0.799. The third kappa shape index (κ3) is 3.47. The van der Waals surface area contributed by atoms with Crippen LogP contribution in [-0.4, -0.2) is 23.6 Å². The topological polar surface area (TPSA) is 12.0 Å². The summed E-state index contributed by atoms with van der Waals surface area (Å²) in [7, 11) is 0. The summed E-state index contributed by atoms with van der Waals surface area (Å²) in [4.78, 5) is 0. The molecule has 1 saturated carbocycles. The Morgan fingerprint density at radius 3 is 2.86 bits per heavy atom. The van der Waals surface area contributed by atoms with Crippen molar-refractivity contribution in [2.24, 2.45) is 5.92 Å². The van der Waals surface area contributed by atoms with Crippen LogP contribution in [0.1, 0.15) is 45.4 Å². The maximum Gasteiger partial charge on any atom is 0.0184 e. The maximum absolute atomic E-state index is 3.73. The van der Waals surface area contributed by atoms with E-state index in [9.17, 15) is 0 Å². The lowest BCUT2D eigenvalue weighted by Crippen LogP contribution is -2.39. The zero-order valence-electron chi connectivity index (χ0n) is 9.30. The predicted molar refractivity (Wildman–Crippen MR) is 64.9 cm³/mol. The second-order valence-corrected chi connectivity index (χ2v) is 6.35. The van der Waals surface area contributed by atoms with E-state index in [4.69, 9.17) is 0 Å². The zero-order valence-corrected chi connectivity index (χ0v) is 10.1. The van der Waals surface area contributed by atoms with Crippen molar-refractivity contribution in [2.45, 2.75) is 56.7 Å². The van der Waals surface area contributed by atoms with Gasteiger partial charge in [0.1, 0.15) is 0 Å². The Balaban J connectivity index is 1.53. The molecule has 82 valence electrons. The summed E-state index contributed by atoms with van der Waals surface area (Å²) in [6.45, 7) is 3.63. The van der Waals surface area contributed by atoms with Crippen LogP contribution < -0.4 is 5.32 Å². The molecule has 2 fully saturated rings. The van der Waals surface area contributed by atoms with Gasteiger partial charge in [-0.15, -0.1) is 0 Å². The molecule has 0 bridgehead atoms. The van der Waals surface area contributed by atoms with E-state index >= 15 is 0 Å². The Bertz CT molecular complexity index is 168. The van der Waals surface area contributed by atoms with Gasteiger partial charge in [0.15, 0.2) is 0 Å². The van der Waals surface area contributed by atoms with Crippen molar-refractivity contribution in [3.05, 3.63) is 0 Å². The molecule has 1 nitrogen and oxygen atoms in total. The lowest BCUT2D eigenvalue weighted by Gasteiger charge is -2.29. The Morgan fingerprint density at radius 2 is 2.14 bits per heavy atom. The second-order valence-electron chi connectivity index (χ2n) is 4.86. The summed E-state index contributed by atoms with van der Waals surface area (Å²) in [6.07, 6.45) is 8.71. The van der Waals surface area contributed by atoms with Crippen molar-refractivity contribution in [1.29, 1.82) is 0 Å². The van der Waals surface area contributed by atoms with E-state index in [2.05, 4.69) is 24.0 Å². The summed E-state index contributed by atoms with van der Waals surface area (Å²) in [5.41, 5.74) is 0. The average Bonchev–Trinajstić information content (AvgIpc) is 2.99. The van der Waals surface area contributed by atoms with E-state index in [1.807, 2.05) is 0 Å². The summed E-state index contributed by atoms with van der Waals surface area (Å²) < 4.78 is 0. The fourth-order valence-corrected chi connectivity index (χ4v) is 3.45. The highest BCUT2D eigenvalue weighted by molar-refractivity contribution is 7.99. The van der Waals surface area contributed by atoms with Crippen molar-refractivity contribution in [3.63, 3.8) is 0 Å². The van der Waals surface area contributed by atoms with Crippen LogP contribution in [0.5, 0.6) is 0 Å². The smallest absolute Gasteiger partial charge is 0.0184 e. The number of hydrogen-bond acceptors (Lipinski definition) is 2. The van der Waals surface area contributed by atoms with Crippen LogP contribution in [0, 0.1) is 5.92 Å². The van der Waals surface area contributed by atoms with Gasteiger partial charge in [0.2, 0.25) is 0 Å². The first kappa shape index (κ1) is 10.8. The van der Waals surface area contributed by atoms with Crippen LogP contribution in [0.15, 0.2) is 0 Å². The average molecular weight is 213 g/mol. The Kier molecular flexibility index (Phi) is 4.18. The molecular weight excluding hydrogens is 190 g/mol. The van der Waals surface area contributed by atoms with Gasteiger partial charge in [-0.3, -0.25) is 0 Å². The van der Waals surface area contributed by atoms with Crippen LogP contribution in [-0.2, 0) is 0 Å².